The van der Waals surface area contributed by atoms with Crippen LogP contribution in [-0.2, 0) is 33.2 Å². The SMILES string of the molecule is CO[C@@H]1C[C@@H](C[C@H](O)CCC(C)/C=C(\C)C(=O)O)O[C@]2(O[C@](C)([C@H]3CC[C@@](C)([C@@H]4O[C@@H]([C@H]5O[C@@](O)(CO)[C@H](C)C[C@@H]5C)C[C@@H]4C)O3)C[C@H]2C)[C@@H]1C.O. The van der Waals surface area contributed by atoms with Crippen LogP contribution in [0.2, 0.25) is 0 Å². The summed E-state index contributed by atoms with van der Waals surface area (Å²) in [6.07, 6.45) is 6.24. The molecule has 0 aromatic heterocycles. The number of aliphatic carboxylic acids is 1. The number of carboxylic acids is 1. The Bertz CT molecular complexity index is 1250. The third kappa shape index (κ3) is 8.46. The zero-order chi connectivity index (χ0) is 37.7. The van der Waals surface area contributed by atoms with Crippen LogP contribution in [-0.4, -0.2) is 111 Å². The van der Waals surface area contributed by atoms with Gasteiger partial charge in [0, 0.05) is 36.9 Å². The van der Waals surface area contributed by atoms with E-state index in [9.17, 15) is 25.2 Å². The molecule has 1 unspecified atom stereocenters. The predicted octanol–water partition coefficient (Wildman–Crippen LogP) is 4.78. The zero-order valence-electron chi connectivity index (χ0n) is 33.3. The molecule has 5 rings (SSSR count). The predicted molar refractivity (Wildman–Crippen MR) is 194 cm³/mol. The molecule has 0 aromatic rings. The molecule has 52 heavy (non-hydrogen) atoms. The molecule has 0 saturated carbocycles. The van der Waals surface area contributed by atoms with Gasteiger partial charge >= 0.3 is 5.97 Å². The van der Waals surface area contributed by atoms with E-state index in [-0.39, 0.29) is 77.6 Å². The number of hydrogen-bond donors (Lipinski definition) is 4. The maximum absolute atomic E-state index is 11.2. The van der Waals surface area contributed by atoms with E-state index in [1.54, 1.807) is 20.1 Å². The minimum absolute atomic E-state index is 0. The van der Waals surface area contributed by atoms with Gasteiger partial charge in [0.2, 0.25) is 0 Å². The Kier molecular flexibility index (Phi) is 13.8. The van der Waals surface area contributed by atoms with Gasteiger partial charge in [0.25, 0.3) is 0 Å². The Balaban J connectivity index is 0.00000605. The number of rotatable bonds is 12. The number of aliphatic hydroxyl groups excluding tert-OH is 2. The molecule has 12 nitrogen and oxygen atoms in total. The first-order valence-corrected chi connectivity index (χ1v) is 19.6. The van der Waals surface area contributed by atoms with Crippen molar-refractivity contribution in [2.75, 3.05) is 13.7 Å². The van der Waals surface area contributed by atoms with Crippen molar-refractivity contribution in [2.24, 2.45) is 35.5 Å². The number of carboxylic acid groups (broad SMARTS) is 1. The van der Waals surface area contributed by atoms with Gasteiger partial charge in [0.1, 0.15) is 0 Å². The first kappa shape index (κ1) is 43.5. The minimum Gasteiger partial charge on any atom is -0.478 e. The van der Waals surface area contributed by atoms with Crippen molar-refractivity contribution < 1.29 is 59.1 Å². The average molecular weight is 743 g/mol. The maximum Gasteiger partial charge on any atom is 0.330 e. The molecule has 0 bridgehead atoms. The summed E-state index contributed by atoms with van der Waals surface area (Å²) in [5.41, 5.74) is -0.818. The zero-order valence-corrected chi connectivity index (χ0v) is 33.3. The lowest BCUT2D eigenvalue weighted by Gasteiger charge is -2.50. The molecule has 5 fully saturated rings. The summed E-state index contributed by atoms with van der Waals surface area (Å²) in [5, 5.41) is 41.2. The van der Waals surface area contributed by atoms with Gasteiger partial charge in [-0.05, 0) is 89.9 Å². The van der Waals surface area contributed by atoms with Crippen molar-refractivity contribution in [1.29, 1.82) is 0 Å². The summed E-state index contributed by atoms with van der Waals surface area (Å²) in [6.45, 7) is 18.0. The molecule has 5 aliphatic rings. The molecule has 0 aromatic carbocycles. The molecule has 5 heterocycles. The second-order valence-electron chi connectivity index (χ2n) is 17.8. The summed E-state index contributed by atoms with van der Waals surface area (Å²) in [6, 6.07) is 0. The Hall–Kier alpha value is -1.19. The fourth-order valence-electron chi connectivity index (χ4n) is 10.5. The molecule has 302 valence electrons. The molecule has 0 amide bonds. The fourth-order valence-corrected chi connectivity index (χ4v) is 10.5. The topological polar surface area (TPSA) is 185 Å². The second-order valence-corrected chi connectivity index (χ2v) is 17.8. The highest BCUT2D eigenvalue weighted by molar-refractivity contribution is 5.85. The molecule has 12 heteroatoms. The van der Waals surface area contributed by atoms with E-state index in [1.165, 1.54) is 0 Å². The Morgan fingerprint density at radius 3 is 2.31 bits per heavy atom. The third-order valence-electron chi connectivity index (χ3n) is 13.5. The number of allylic oxidation sites excluding steroid dienone is 1. The van der Waals surface area contributed by atoms with E-state index in [0.29, 0.717) is 31.3 Å². The standard InChI is InChI=1S/C40H68O11.H2O/c1-22(15-25(4)36(43)44)11-12-29(42)18-30-19-31(46-10)28(7)40(48-30)27(6)20-38(9,51-40)33-13-14-37(8,49-33)35-24(3)17-32(47-35)34-23(2)16-26(5)39(45,21-41)50-34;/h15,22-24,26-35,41-42,45H,11-14,16-21H2,1-10H3,(H,43,44);1H2/b25-15+;/t22?,23-,24-,26+,27+,28+,29+,30+,31+,32+,33+,34-,35+,37-,38-,39-,40+;/m0./s1. The van der Waals surface area contributed by atoms with E-state index in [0.717, 1.165) is 32.1 Å². The average Bonchev–Trinajstić information content (AvgIpc) is 3.74. The third-order valence-corrected chi connectivity index (χ3v) is 13.5. The summed E-state index contributed by atoms with van der Waals surface area (Å²) >= 11 is 0. The maximum atomic E-state index is 11.2. The molecule has 6 N–H and O–H groups in total. The van der Waals surface area contributed by atoms with Crippen LogP contribution in [0.4, 0.5) is 0 Å². The highest BCUT2D eigenvalue weighted by Gasteiger charge is 2.65. The first-order valence-electron chi connectivity index (χ1n) is 19.6. The lowest BCUT2D eigenvalue weighted by atomic mass is 9.78. The van der Waals surface area contributed by atoms with Crippen LogP contribution in [0.3, 0.4) is 0 Å². The highest BCUT2D eigenvalue weighted by Crippen LogP contribution is 2.57. The molecule has 5 saturated heterocycles. The van der Waals surface area contributed by atoms with Crippen molar-refractivity contribution in [3.63, 3.8) is 0 Å². The molecule has 0 radical (unpaired) electrons. The molecule has 1 spiro atoms. The summed E-state index contributed by atoms with van der Waals surface area (Å²) in [5.74, 6) is -3.08. The van der Waals surface area contributed by atoms with Crippen LogP contribution in [0.15, 0.2) is 11.6 Å². The summed E-state index contributed by atoms with van der Waals surface area (Å²) in [7, 11) is 1.73. The van der Waals surface area contributed by atoms with Gasteiger partial charge in [-0.25, -0.2) is 4.79 Å². The first-order chi connectivity index (χ1) is 23.8. The van der Waals surface area contributed by atoms with Crippen LogP contribution in [0, 0.1) is 35.5 Å². The van der Waals surface area contributed by atoms with Gasteiger partial charge in [-0.1, -0.05) is 47.6 Å². The number of aliphatic hydroxyl groups is 3. The van der Waals surface area contributed by atoms with Crippen molar-refractivity contribution in [3.05, 3.63) is 11.6 Å². The molecular formula is C40H70O12. The minimum atomic E-state index is -1.56. The summed E-state index contributed by atoms with van der Waals surface area (Å²) < 4.78 is 40.1. The van der Waals surface area contributed by atoms with Crippen LogP contribution < -0.4 is 0 Å². The van der Waals surface area contributed by atoms with Gasteiger partial charge in [-0.3, -0.25) is 0 Å². The number of ether oxygens (including phenoxy) is 6. The van der Waals surface area contributed by atoms with Crippen LogP contribution in [0.1, 0.15) is 120 Å². The van der Waals surface area contributed by atoms with Gasteiger partial charge < -0.3 is 54.3 Å². The van der Waals surface area contributed by atoms with Gasteiger partial charge in [-0.15, -0.1) is 0 Å². The van der Waals surface area contributed by atoms with E-state index < -0.39 is 41.5 Å². The largest absolute Gasteiger partial charge is 0.478 e. The van der Waals surface area contributed by atoms with Crippen molar-refractivity contribution in [3.8, 4) is 0 Å². The van der Waals surface area contributed by atoms with Gasteiger partial charge in [0.05, 0.1) is 60.5 Å². The monoisotopic (exact) mass is 742 g/mol. The summed E-state index contributed by atoms with van der Waals surface area (Å²) in [4.78, 5) is 11.2. The van der Waals surface area contributed by atoms with Crippen molar-refractivity contribution in [2.45, 2.75) is 186 Å². The van der Waals surface area contributed by atoms with Crippen molar-refractivity contribution >= 4 is 5.97 Å². The molecule has 0 aliphatic carbocycles. The van der Waals surface area contributed by atoms with Crippen LogP contribution >= 0.6 is 0 Å². The smallest absolute Gasteiger partial charge is 0.330 e. The fraction of sp³-hybridized carbons (Fsp3) is 0.925. The molecule has 17 atom stereocenters. The molecular weight excluding hydrogens is 672 g/mol. The van der Waals surface area contributed by atoms with Crippen molar-refractivity contribution in [1.82, 2.24) is 0 Å². The number of hydrogen-bond acceptors (Lipinski definition) is 10. The Morgan fingerprint density at radius 1 is 0.981 bits per heavy atom. The Morgan fingerprint density at radius 2 is 1.67 bits per heavy atom. The Labute approximate surface area is 311 Å². The normalized spacial score (nSPS) is 48.1. The number of carbonyl (C=O) groups is 1. The lowest BCUT2D eigenvalue weighted by molar-refractivity contribution is -0.352. The lowest BCUT2D eigenvalue weighted by Crippen LogP contribution is -2.58. The van der Waals surface area contributed by atoms with Crippen LogP contribution in [0.25, 0.3) is 0 Å². The van der Waals surface area contributed by atoms with Crippen LogP contribution in [0.5, 0.6) is 0 Å². The quantitative estimate of drug-likeness (QED) is 0.202. The van der Waals surface area contributed by atoms with E-state index in [1.807, 2.05) is 13.8 Å². The van der Waals surface area contributed by atoms with Gasteiger partial charge in [-0.2, -0.15) is 0 Å². The van der Waals surface area contributed by atoms with E-state index in [2.05, 4.69) is 41.5 Å². The van der Waals surface area contributed by atoms with Gasteiger partial charge in [0.15, 0.2) is 11.6 Å². The van der Waals surface area contributed by atoms with E-state index in [4.69, 9.17) is 28.4 Å². The number of methoxy groups -OCH3 is 1. The second kappa shape index (κ2) is 16.5. The van der Waals surface area contributed by atoms with E-state index >= 15 is 0 Å². The highest BCUT2D eigenvalue weighted by atomic mass is 16.7. The molecule has 5 aliphatic heterocycles.